The van der Waals surface area contributed by atoms with Crippen molar-refractivity contribution in [2.24, 2.45) is 0 Å². The lowest BCUT2D eigenvalue weighted by atomic mass is 10.3. The Labute approximate surface area is 121 Å². The highest BCUT2D eigenvalue weighted by molar-refractivity contribution is 5.90. The zero-order valence-corrected chi connectivity index (χ0v) is 11.9. The van der Waals surface area contributed by atoms with Crippen LogP contribution in [0.2, 0.25) is 0 Å². The highest BCUT2D eigenvalue weighted by atomic mass is 16.5. The van der Waals surface area contributed by atoms with Crippen LogP contribution in [0.3, 0.4) is 0 Å². The number of hydrogen-bond donors (Lipinski definition) is 2. The fourth-order valence-electron chi connectivity index (χ4n) is 1.63. The Morgan fingerprint density at radius 3 is 2.57 bits per heavy atom. The van der Waals surface area contributed by atoms with Gasteiger partial charge < -0.3 is 20.1 Å². The molecule has 21 heavy (non-hydrogen) atoms. The van der Waals surface area contributed by atoms with Crippen LogP contribution in [-0.2, 0) is 0 Å². The van der Waals surface area contributed by atoms with Gasteiger partial charge in [0.2, 0.25) is 11.8 Å². The van der Waals surface area contributed by atoms with E-state index in [4.69, 9.17) is 15.2 Å². The van der Waals surface area contributed by atoms with E-state index in [1.54, 1.807) is 26.3 Å². The van der Waals surface area contributed by atoms with Gasteiger partial charge >= 0.3 is 0 Å². The third-order valence-electron chi connectivity index (χ3n) is 2.81. The normalized spacial score (nSPS) is 10.2. The van der Waals surface area contributed by atoms with Gasteiger partial charge in [0.25, 0.3) is 5.91 Å². The number of ether oxygens (including phenoxy) is 2. The smallest absolute Gasteiger partial charge is 0.291 e. The van der Waals surface area contributed by atoms with Gasteiger partial charge in [-0.25, -0.2) is 0 Å². The molecule has 8 nitrogen and oxygen atoms in total. The molecule has 0 radical (unpaired) electrons. The number of likely N-dealkylation sites (N-methyl/N-ethyl adjacent to an activating group) is 1. The number of nitrogens with zero attached hydrogens (tertiary/aromatic N) is 3. The van der Waals surface area contributed by atoms with Crippen LogP contribution in [0.15, 0.2) is 24.3 Å². The Hall–Kier alpha value is -2.77. The van der Waals surface area contributed by atoms with E-state index in [-0.39, 0.29) is 17.7 Å². The van der Waals surface area contributed by atoms with Crippen LogP contribution in [0.5, 0.6) is 11.5 Å². The van der Waals surface area contributed by atoms with Crippen molar-refractivity contribution in [3.05, 3.63) is 30.1 Å². The lowest BCUT2D eigenvalue weighted by Crippen LogP contribution is -2.31. The number of aromatic nitrogens is 3. The van der Waals surface area contributed by atoms with Gasteiger partial charge in [-0.2, -0.15) is 4.98 Å². The number of rotatable bonds is 6. The first kappa shape index (κ1) is 14.6. The van der Waals surface area contributed by atoms with Crippen molar-refractivity contribution in [2.75, 3.05) is 33.0 Å². The maximum atomic E-state index is 11.9. The number of H-pyrrole nitrogens is 1. The van der Waals surface area contributed by atoms with Crippen molar-refractivity contribution in [3.8, 4) is 11.5 Å². The number of methoxy groups -OCH3 is 1. The minimum atomic E-state index is -0.294. The average Bonchev–Trinajstić information content (AvgIpc) is 2.93. The van der Waals surface area contributed by atoms with Gasteiger partial charge in [0.05, 0.1) is 13.7 Å². The summed E-state index contributed by atoms with van der Waals surface area (Å²) in [6, 6.07) is 7.22. The van der Waals surface area contributed by atoms with Gasteiger partial charge in [0, 0.05) is 7.05 Å². The molecular weight excluding hydrogens is 274 g/mol. The summed E-state index contributed by atoms with van der Waals surface area (Å²) in [4.78, 5) is 17.2. The van der Waals surface area contributed by atoms with E-state index in [2.05, 4.69) is 15.2 Å². The fourth-order valence-corrected chi connectivity index (χ4v) is 1.63. The second kappa shape index (κ2) is 6.60. The monoisotopic (exact) mass is 291 g/mol. The molecule has 2 rings (SSSR count). The quantitative estimate of drug-likeness (QED) is 0.804. The van der Waals surface area contributed by atoms with Crippen molar-refractivity contribution in [1.82, 2.24) is 20.1 Å². The zero-order chi connectivity index (χ0) is 15.2. The van der Waals surface area contributed by atoms with E-state index < -0.39 is 0 Å². The number of nitrogens with two attached hydrogens (primary N) is 1. The summed E-state index contributed by atoms with van der Waals surface area (Å²) in [5.74, 6) is 1.33. The SMILES string of the molecule is COc1ccc(OCCN(C)C(=O)c2nc(N)n[nH]2)cc1. The topological polar surface area (TPSA) is 106 Å². The molecule has 1 heterocycles. The minimum absolute atomic E-state index is 0.0428. The van der Waals surface area contributed by atoms with E-state index in [0.717, 1.165) is 5.75 Å². The lowest BCUT2D eigenvalue weighted by Gasteiger charge is -2.16. The molecule has 112 valence electrons. The van der Waals surface area contributed by atoms with Crippen LogP contribution in [0.4, 0.5) is 5.95 Å². The van der Waals surface area contributed by atoms with Crippen LogP contribution < -0.4 is 15.2 Å². The van der Waals surface area contributed by atoms with Gasteiger partial charge in [-0.1, -0.05) is 0 Å². The summed E-state index contributed by atoms with van der Waals surface area (Å²) < 4.78 is 10.6. The molecule has 1 aromatic heterocycles. The van der Waals surface area contributed by atoms with Crippen LogP contribution in [0.25, 0.3) is 0 Å². The number of hydrogen-bond acceptors (Lipinski definition) is 6. The third-order valence-corrected chi connectivity index (χ3v) is 2.81. The molecule has 0 aliphatic heterocycles. The number of amides is 1. The standard InChI is InChI=1S/C13H17N5O3/c1-18(12(19)11-15-13(14)17-16-11)7-8-21-10-5-3-9(20-2)4-6-10/h3-6H,7-8H2,1-2H3,(H3,14,15,16,17). The molecule has 0 atom stereocenters. The molecular formula is C13H17N5O3. The van der Waals surface area contributed by atoms with Gasteiger partial charge in [-0.3, -0.25) is 9.89 Å². The molecule has 0 bridgehead atoms. The minimum Gasteiger partial charge on any atom is -0.497 e. The van der Waals surface area contributed by atoms with Gasteiger partial charge in [-0.15, -0.1) is 5.10 Å². The highest BCUT2D eigenvalue weighted by Crippen LogP contribution is 2.16. The molecule has 1 aromatic carbocycles. The van der Waals surface area contributed by atoms with Crippen LogP contribution in [0.1, 0.15) is 10.6 Å². The first-order valence-electron chi connectivity index (χ1n) is 6.30. The predicted molar refractivity (Wildman–Crippen MR) is 76.2 cm³/mol. The maximum absolute atomic E-state index is 11.9. The molecule has 0 saturated heterocycles. The Balaban J connectivity index is 1.80. The number of nitrogen functional groups attached to an aromatic ring is 1. The van der Waals surface area contributed by atoms with Crippen molar-refractivity contribution in [2.45, 2.75) is 0 Å². The van der Waals surface area contributed by atoms with Crippen LogP contribution in [-0.4, -0.2) is 53.3 Å². The number of nitrogens with one attached hydrogen (secondary N) is 1. The summed E-state index contributed by atoms with van der Waals surface area (Å²) in [5.41, 5.74) is 5.36. The first-order valence-corrected chi connectivity index (χ1v) is 6.30. The molecule has 0 fully saturated rings. The maximum Gasteiger partial charge on any atom is 0.291 e. The van der Waals surface area contributed by atoms with Gasteiger partial charge in [-0.05, 0) is 24.3 Å². The number of carbonyl (C=O) groups excluding carboxylic acids is 1. The number of carbonyl (C=O) groups is 1. The summed E-state index contributed by atoms with van der Waals surface area (Å²) >= 11 is 0. The third kappa shape index (κ3) is 3.85. The van der Waals surface area contributed by atoms with E-state index in [9.17, 15) is 4.79 Å². The molecule has 1 amide bonds. The molecule has 8 heteroatoms. The Morgan fingerprint density at radius 1 is 1.33 bits per heavy atom. The second-order valence-electron chi connectivity index (χ2n) is 4.29. The Morgan fingerprint density at radius 2 is 2.00 bits per heavy atom. The average molecular weight is 291 g/mol. The lowest BCUT2D eigenvalue weighted by molar-refractivity contribution is 0.0762. The Bertz CT molecular complexity index is 596. The van der Waals surface area contributed by atoms with Crippen molar-refractivity contribution in [3.63, 3.8) is 0 Å². The molecule has 0 unspecified atom stereocenters. The largest absolute Gasteiger partial charge is 0.497 e. The molecule has 0 aliphatic carbocycles. The number of anilines is 1. The number of aromatic amines is 1. The summed E-state index contributed by atoms with van der Waals surface area (Å²) in [6.45, 7) is 0.768. The first-order chi connectivity index (χ1) is 10.1. The molecule has 0 saturated carbocycles. The highest BCUT2D eigenvalue weighted by Gasteiger charge is 2.15. The van der Waals surface area contributed by atoms with Crippen molar-refractivity contribution >= 4 is 11.9 Å². The number of benzene rings is 1. The second-order valence-corrected chi connectivity index (χ2v) is 4.29. The Kier molecular flexibility index (Phi) is 4.60. The van der Waals surface area contributed by atoms with Crippen molar-refractivity contribution in [1.29, 1.82) is 0 Å². The van der Waals surface area contributed by atoms with E-state index in [1.807, 2.05) is 12.1 Å². The summed E-state index contributed by atoms with van der Waals surface area (Å²) in [5, 5.41) is 6.09. The van der Waals surface area contributed by atoms with E-state index >= 15 is 0 Å². The zero-order valence-electron chi connectivity index (χ0n) is 11.9. The summed E-state index contributed by atoms with van der Waals surface area (Å²) in [7, 11) is 3.26. The van der Waals surface area contributed by atoms with Gasteiger partial charge in [0.15, 0.2) is 0 Å². The van der Waals surface area contributed by atoms with Crippen molar-refractivity contribution < 1.29 is 14.3 Å². The van der Waals surface area contributed by atoms with E-state index in [1.165, 1.54) is 4.90 Å². The predicted octanol–water partition coefficient (Wildman–Crippen LogP) is 0.546. The van der Waals surface area contributed by atoms with E-state index in [0.29, 0.717) is 18.9 Å². The van der Waals surface area contributed by atoms with Crippen LogP contribution in [0, 0.1) is 0 Å². The van der Waals surface area contributed by atoms with Gasteiger partial charge in [0.1, 0.15) is 18.1 Å². The molecule has 3 N–H and O–H groups in total. The van der Waals surface area contributed by atoms with Crippen LogP contribution >= 0.6 is 0 Å². The molecule has 0 spiro atoms. The molecule has 2 aromatic rings. The molecule has 0 aliphatic rings. The summed E-state index contributed by atoms with van der Waals surface area (Å²) in [6.07, 6.45) is 0. The fraction of sp³-hybridized carbons (Fsp3) is 0.308.